The van der Waals surface area contributed by atoms with Gasteiger partial charge >= 0.3 is 0 Å². The highest BCUT2D eigenvalue weighted by Gasteiger charge is 2.22. The van der Waals surface area contributed by atoms with Gasteiger partial charge in [-0.05, 0) is 35.2 Å². The van der Waals surface area contributed by atoms with Gasteiger partial charge in [-0.1, -0.05) is 30.3 Å². The predicted molar refractivity (Wildman–Crippen MR) is 85.0 cm³/mol. The monoisotopic (exact) mass is 296 g/mol. The number of aromatic nitrogens is 1. The molecule has 0 saturated heterocycles. The molecule has 112 valence electrons. The van der Waals surface area contributed by atoms with Crippen molar-refractivity contribution in [1.29, 1.82) is 0 Å². The normalized spacial score (nSPS) is 12.2. The second-order valence-corrected chi connectivity index (χ2v) is 5.15. The molecule has 1 heterocycles. The number of benzene rings is 2. The molecule has 2 aromatic carbocycles. The van der Waals surface area contributed by atoms with Crippen molar-refractivity contribution in [2.24, 2.45) is 0 Å². The fraction of sp³-hybridized carbons (Fsp3) is 0.176. The summed E-state index contributed by atoms with van der Waals surface area (Å²) in [5.41, 5.74) is 2.73. The summed E-state index contributed by atoms with van der Waals surface area (Å²) in [5.74, 6) is 0.425. The molecule has 5 nitrogen and oxygen atoms in total. The summed E-state index contributed by atoms with van der Waals surface area (Å²) in [5, 5.41) is 12.1. The van der Waals surface area contributed by atoms with Gasteiger partial charge in [0.25, 0.3) is 0 Å². The number of fused-ring (bicyclic) bond motifs is 1. The van der Waals surface area contributed by atoms with Gasteiger partial charge in [0.15, 0.2) is 0 Å². The van der Waals surface area contributed by atoms with E-state index >= 15 is 0 Å². The molecule has 0 unspecified atom stereocenters. The highest BCUT2D eigenvalue weighted by molar-refractivity contribution is 5.80. The number of nitrogens with zero attached hydrogens (tertiary/aromatic N) is 1. The number of aromatic amines is 1. The fourth-order valence-electron chi connectivity index (χ4n) is 2.65. The number of rotatable bonds is 5. The van der Waals surface area contributed by atoms with E-state index in [1.807, 2.05) is 54.6 Å². The first-order chi connectivity index (χ1) is 10.7. The first kappa shape index (κ1) is 14.1. The Labute approximate surface area is 127 Å². The van der Waals surface area contributed by atoms with Crippen LogP contribution in [0, 0.1) is 10.1 Å². The molecule has 0 saturated carbocycles. The molecule has 0 aliphatic carbocycles. The zero-order valence-electron chi connectivity index (χ0n) is 12.2. The van der Waals surface area contributed by atoms with E-state index in [0.717, 1.165) is 27.9 Å². The van der Waals surface area contributed by atoms with Gasteiger partial charge in [-0.15, -0.1) is 0 Å². The van der Waals surface area contributed by atoms with Crippen LogP contribution in [0.1, 0.15) is 17.2 Å². The minimum Gasteiger partial charge on any atom is -0.497 e. The van der Waals surface area contributed by atoms with E-state index in [1.54, 1.807) is 7.11 Å². The van der Waals surface area contributed by atoms with Crippen LogP contribution >= 0.6 is 0 Å². The minimum atomic E-state index is -0.312. The van der Waals surface area contributed by atoms with Gasteiger partial charge in [0.1, 0.15) is 5.75 Å². The Morgan fingerprint density at radius 3 is 2.55 bits per heavy atom. The van der Waals surface area contributed by atoms with E-state index < -0.39 is 0 Å². The van der Waals surface area contributed by atoms with Gasteiger partial charge in [-0.2, -0.15) is 0 Å². The van der Waals surface area contributed by atoms with E-state index in [-0.39, 0.29) is 17.4 Å². The Kier molecular flexibility index (Phi) is 3.78. The lowest BCUT2D eigenvalue weighted by atomic mass is 9.95. The number of methoxy groups -OCH3 is 1. The molecule has 3 rings (SSSR count). The van der Waals surface area contributed by atoms with Gasteiger partial charge in [0.05, 0.1) is 13.0 Å². The number of para-hydroxylation sites is 1. The third-order valence-corrected chi connectivity index (χ3v) is 3.78. The molecule has 0 aliphatic rings. The Bertz CT molecular complexity index is 760. The zero-order chi connectivity index (χ0) is 15.5. The first-order valence-electron chi connectivity index (χ1n) is 7.01. The van der Waals surface area contributed by atoms with Gasteiger partial charge in [0, 0.05) is 16.1 Å². The molecular weight excluding hydrogens is 280 g/mol. The summed E-state index contributed by atoms with van der Waals surface area (Å²) in [7, 11) is 1.60. The van der Waals surface area contributed by atoms with Crippen LogP contribution in [0.3, 0.4) is 0 Å². The van der Waals surface area contributed by atoms with Gasteiger partial charge in [0.2, 0.25) is 6.54 Å². The van der Waals surface area contributed by atoms with Crippen molar-refractivity contribution >= 4 is 10.9 Å². The van der Waals surface area contributed by atoms with Crippen molar-refractivity contribution in [3.63, 3.8) is 0 Å². The van der Waals surface area contributed by atoms with Crippen LogP contribution in [0.15, 0.2) is 54.6 Å². The van der Waals surface area contributed by atoms with Crippen molar-refractivity contribution in [1.82, 2.24) is 4.98 Å². The summed E-state index contributed by atoms with van der Waals surface area (Å²) in [6.07, 6.45) is 0. The van der Waals surface area contributed by atoms with Crippen LogP contribution in [-0.4, -0.2) is 23.6 Å². The molecule has 0 radical (unpaired) electrons. The third kappa shape index (κ3) is 2.79. The van der Waals surface area contributed by atoms with Crippen LogP contribution in [-0.2, 0) is 0 Å². The van der Waals surface area contributed by atoms with Gasteiger partial charge in [-0.25, -0.2) is 0 Å². The van der Waals surface area contributed by atoms with E-state index in [0.29, 0.717) is 0 Å². The highest BCUT2D eigenvalue weighted by atomic mass is 16.6. The fourth-order valence-corrected chi connectivity index (χ4v) is 2.65. The lowest BCUT2D eigenvalue weighted by Gasteiger charge is -2.12. The zero-order valence-corrected chi connectivity index (χ0v) is 12.2. The molecule has 0 spiro atoms. The van der Waals surface area contributed by atoms with Crippen LogP contribution in [0.2, 0.25) is 0 Å². The van der Waals surface area contributed by atoms with Gasteiger partial charge in [-0.3, -0.25) is 10.1 Å². The average Bonchev–Trinajstić information content (AvgIpc) is 2.96. The second-order valence-electron chi connectivity index (χ2n) is 5.15. The maximum absolute atomic E-state index is 11.1. The summed E-state index contributed by atoms with van der Waals surface area (Å²) >= 11 is 0. The SMILES string of the molecule is COc1ccc([C@@H](C[N+](=O)[O-])c2cc3ccccc3[nH]2)cc1. The van der Waals surface area contributed by atoms with Crippen LogP contribution in [0.25, 0.3) is 10.9 Å². The quantitative estimate of drug-likeness (QED) is 0.578. The highest BCUT2D eigenvalue weighted by Crippen LogP contribution is 2.28. The van der Waals surface area contributed by atoms with E-state index in [9.17, 15) is 10.1 Å². The molecular formula is C17H16N2O3. The molecule has 1 atom stereocenters. The Hall–Kier alpha value is -2.82. The Morgan fingerprint density at radius 1 is 1.18 bits per heavy atom. The van der Waals surface area contributed by atoms with Crippen molar-refractivity contribution in [2.75, 3.05) is 13.7 Å². The van der Waals surface area contributed by atoms with Crippen molar-refractivity contribution in [2.45, 2.75) is 5.92 Å². The molecule has 1 aromatic heterocycles. The number of nitrogens with one attached hydrogen (secondary N) is 1. The van der Waals surface area contributed by atoms with E-state index in [1.165, 1.54) is 0 Å². The molecule has 5 heteroatoms. The maximum atomic E-state index is 11.1. The summed E-state index contributed by atoms with van der Waals surface area (Å²) in [6, 6.07) is 17.2. The standard InChI is InChI=1S/C17H16N2O3/c1-22-14-8-6-12(7-9-14)15(11-19(20)21)17-10-13-4-2-3-5-16(13)18-17/h2-10,15,18H,11H2,1H3/t15-/m1/s1. The van der Waals surface area contributed by atoms with Gasteiger partial charge < -0.3 is 9.72 Å². The smallest absolute Gasteiger partial charge is 0.216 e. The second kappa shape index (κ2) is 5.89. The van der Waals surface area contributed by atoms with Crippen molar-refractivity contribution in [3.05, 3.63) is 76.0 Å². The lowest BCUT2D eigenvalue weighted by Crippen LogP contribution is -2.14. The summed E-state index contributed by atoms with van der Waals surface area (Å²) < 4.78 is 5.14. The third-order valence-electron chi connectivity index (χ3n) is 3.78. The Morgan fingerprint density at radius 2 is 1.91 bits per heavy atom. The molecule has 0 aliphatic heterocycles. The van der Waals surface area contributed by atoms with E-state index in [2.05, 4.69) is 4.98 Å². The average molecular weight is 296 g/mol. The molecule has 3 aromatic rings. The number of H-pyrrole nitrogens is 1. The molecule has 0 bridgehead atoms. The topological polar surface area (TPSA) is 68.2 Å². The maximum Gasteiger partial charge on any atom is 0.216 e. The molecule has 1 N–H and O–H groups in total. The molecule has 0 fully saturated rings. The lowest BCUT2D eigenvalue weighted by molar-refractivity contribution is -0.481. The van der Waals surface area contributed by atoms with E-state index in [4.69, 9.17) is 4.74 Å². The number of hydrogen-bond acceptors (Lipinski definition) is 3. The number of nitro groups is 1. The summed E-state index contributed by atoms with van der Waals surface area (Å²) in [6.45, 7) is -0.154. The first-order valence-corrected chi connectivity index (χ1v) is 7.01. The number of ether oxygens (including phenoxy) is 1. The van der Waals surface area contributed by atoms with Crippen LogP contribution in [0.5, 0.6) is 5.75 Å². The van der Waals surface area contributed by atoms with Crippen LogP contribution < -0.4 is 4.74 Å². The van der Waals surface area contributed by atoms with Crippen LogP contribution in [0.4, 0.5) is 0 Å². The molecule has 22 heavy (non-hydrogen) atoms. The largest absolute Gasteiger partial charge is 0.497 e. The van der Waals surface area contributed by atoms with Crippen molar-refractivity contribution in [3.8, 4) is 5.75 Å². The number of hydrogen-bond donors (Lipinski definition) is 1. The van der Waals surface area contributed by atoms with Crippen molar-refractivity contribution < 1.29 is 9.66 Å². The predicted octanol–water partition coefficient (Wildman–Crippen LogP) is 3.59. The molecule has 0 amide bonds. The minimum absolute atomic E-state index is 0.154. The summed E-state index contributed by atoms with van der Waals surface area (Å²) in [4.78, 5) is 14.1. The Balaban J connectivity index is 2.02.